The highest BCUT2D eigenvalue weighted by molar-refractivity contribution is 5.24. The molecule has 1 saturated heterocycles. The Balaban J connectivity index is 1.54. The van der Waals surface area contributed by atoms with E-state index in [4.69, 9.17) is 15.7 Å². The van der Waals surface area contributed by atoms with Crippen molar-refractivity contribution in [2.24, 2.45) is 5.73 Å². The predicted octanol–water partition coefficient (Wildman–Crippen LogP) is 2.60. The summed E-state index contributed by atoms with van der Waals surface area (Å²) >= 11 is 0. The number of benzene rings is 1. The number of piperidine rings is 1. The van der Waals surface area contributed by atoms with Gasteiger partial charge in [0.15, 0.2) is 5.75 Å². The van der Waals surface area contributed by atoms with E-state index < -0.39 is 0 Å². The van der Waals surface area contributed by atoms with E-state index in [-0.39, 0.29) is 29.8 Å². The smallest absolute Gasteiger partial charge is 0.232 e. The molecule has 2 N–H and O–H groups in total. The summed E-state index contributed by atoms with van der Waals surface area (Å²) in [7, 11) is 0. The van der Waals surface area contributed by atoms with Crippen LogP contribution in [-0.4, -0.2) is 46.1 Å². The van der Waals surface area contributed by atoms with E-state index in [1.807, 2.05) is 18.2 Å². The Bertz CT molecular complexity index is 835. The topological polar surface area (TPSA) is 88.1 Å². The summed E-state index contributed by atoms with van der Waals surface area (Å²) in [5.41, 5.74) is 7.34. The molecule has 1 aromatic heterocycles. The number of nitrogens with zero attached hydrogens (tertiary/aromatic N) is 4. The summed E-state index contributed by atoms with van der Waals surface area (Å²) in [6.45, 7) is 1.88. The largest absolute Gasteiger partial charge is 0.486 e. The second-order valence-corrected chi connectivity index (χ2v) is 7.69. The van der Waals surface area contributed by atoms with Crippen LogP contribution in [0.1, 0.15) is 43.0 Å². The minimum absolute atomic E-state index is 0.0307. The van der Waals surface area contributed by atoms with Crippen molar-refractivity contribution in [3.63, 3.8) is 0 Å². The van der Waals surface area contributed by atoms with Gasteiger partial charge in [0, 0.05) is 18.6 Å². The molecule has 0 radical (unpaired) electrons. The maximum atomic E-state index is 13.3. The number of hydrogen-bond acceptors (Lipinski definition) is 6. The summed E-state index contributed by atoms with van der Waals surface area (Å²) in [5, 5.41) is 8.87. The van der Waals surface area contributed by atoms with E-state index in [0.717, 1.165) is 44.3 Å². The molecule has 7 heteroatoms. The first-order chi connectivity index (χ1) is 13.6. The van der Waals surface area contributed by atoms with Crippen LogP contribution in [0.4, 0.5) is 4.39 Å². The van der Waals surface area contributed by atoms with Gasteiger partial charge in [0.1, 0.15) is 18.0 Å². The van der Waals surface area contributed by atoms with Crippen LogP contribution < -0.4 is 10.5 Å². The minimum atomic E-state index is -0.220. The standard InChI is InChI=1S/C21H24FN5O/c22-16-5-3-14(4-6-16)15-8-19(27-7-1-2-17(24)13-27)20(9-15)28-18-11-25-21(10-23)26-12-18/h3-6,11-12,15,17,19-20H,1-2,7-9,13,24H2/t15?,17-,19?,20?/m0/s1. The monoisotopic (exact) mass is 381 g/mol. The fourth-order valence-electron chi connectivity index (χ4n) is 4.45. The molecule has 2 aliphatic rings. The summed E-state index contributed by atoms with van der Waals surface area (Å²) in [6, 6.07) is 9.11. The zero-order valence-corrected chi connectivity index (χ0v) is 15.7. The first kappa shape index (κ1) is 18.8. The number of rotatable bonds is 4. The third-order valence-corrected chi connectivity index (χ3v) is 5.79. The lowest BCUT2D eigenvalue weighted by Gasteiger charge is -2.37. The Hall–Kier alpha value is -2.56. The molecule has 0 amide bonds. The highest BCUT2D eigenvalue weighted by Gasteiger charge is 2.41. The lowest BCUT2D eigenvalue weighted by molar-refractivity contribution is 0.0677. The molecule has 1 aromatic carbocycles. The van der Waals surface area contributed by atoms with Crippen molar-refractivity contribution in [1.29, 1.82) is 5.26 Å². The van der Waals surface area contributed by atoms with Gasteiger partial charge in [-0.2, -0.15) is 5.26 Å². The molecule has 6 nitrogen and oxygen atoms in total. The molecule has 146 valence electrons. The maximum absolute atomic E-state index is 13.3. The zero-order chi connectivity index (χ0) is 19.5. The van der Waals surface area contributed by atoms with Crippen LogP contribution in [0, 0.1) is 17.1 Å². The third kappa shape index (κ3) is 4.13. The van der Waals surface area contributed by atoms with Crippen LogP contribution >= 0.6 is 0 Å². The molecule has 2 heterocycles. The van der Waals surface area contributed by atoms with Gasteiger partial charge in [0.05, 0.1) is 12.4 Å². The fourth-order valence-corrected chi connectivity index (χ4v) is 4.45. The Morgan fingerprint density at radius 1 is 1.18 bits per heavy atom. The molecule has 28 heavy (non-hydrogen) atoms. The number of nitriles is 1. The van der Waals surface area contributed by atoms with Crippen LogP contribution in [0.15, 0.2) is 36.7 Å². The van der Waals surface area contributed by atoms with Crippen molar-refractivity contribution in [3.05, 3.63) is 53.9 Å². The van der Waals surface area contributed by atoms with Gasteiger partial charge in [0.25, 0.3) is 0 Å². The van der Waals surface area contributed by atoms with Crippen molar-refractivity contribution in [2.75, 3.05) is 13.1 Å². The minimum Gasteiger partial charge on any atom is -0.486 e. The van der Waals surface area contributed by atoms with E-state index in [9.17, 15) is 4.39 Å². The maximum Gasteiger partial charge on any atom is 0.232 e. The van der Waals surface area contributed by atoms with E-state index in [0.29, 0.717) is 11.7 Å². The van der Waals surface area contributed by atoms with Crippen LogP contribution in [0.5, 0.6) is 5.75 Å². The van der Waals surface area contributed by atoms with Crippen LogP contribution in [0.25, 0.3) is 0 Å². The Kier molecular flexibility index (Phi) is 5.51. The van der Waals surface area contributed by atoms with Crippen molar-refractivity contribution < 1.29 is 9.13 Å². The lowest BCUT2D eigenvalue weighted by Crippen LogP contribution is -2.51. The van der Waals surface area contributed by atoms with Gasteiger partial charge in [-0.1, -0.05) is 12.1 Å². The number of ether oxygens (including phenoxy) is 1. The van der Waals surface area contributed by atoms with Gasteiger partial charge >= 0.3 is 0 Å². The molecule has 1 aliphatic heterocycles. The van der Waals surface area contributed by atoms with Gasteiger partial charge in [-0.3, -0.25) is 4.90 Å². The molecule has 4 rings (SSSR count). The quantitative estimate of drug-likeness (QED) is 0.876. The second kappa shape index (κ2) is 8.21. The highest BCUT2D eigenvalue weighted by atomic mass is 19.1. The Labute approximate surface area is 164 Å². The van der Waals surface area contributed by atoms with E-state index >= 15 is 0 Å². The van der Waals surface area contributed by atoms with Crippen molar-refractivity contribution in [2.45, 2.75) is 49.8 Å². The number of aromatic nitrogens is 2. The normalized spacial score (nSPS) is 28.0. The molecule has 4 atom stereocenters. The molecule has 1 saturated carbocycles. The molecule has 0 bridgehead atoms. The van der Waals surface area contributed by atoms with Crippen molar-refractivity contribution in [1.82, 2.24) is 14.9 Å². The molecular formula is C21H24FN5O. The average molecular weight is 381 g/mol. The van der Waals surface area contributed by atoms with Gasteiger partial charge < -0.3 is 10.5 Å². The Morgan fingerprint density at radius 3 is 2.61 bits per heavy atom. The van der Waals surface area contributed by atoms with Crippen LogP contribution in [0.2, 0.25) is 0 Å². The van der Waals surface area contributed by atoms with E-state index in [2.05, 4.69) is 14.9 Å². The summed E-state index contributed by atoms with van der Waals surface area (Å²) in [4.78, 5) is 10.4. The highest BCUT2D eigenvalue weighted by Crippen LogP contribution is 2.39. The van der Waals surface area contributed by atoms with Crippen molar-refractivity contribution in [3.8, 4) is 11.8 Å². The van der Waals surface area contributed by atoms with Crippen LogP contribution in [-0.2, 0) is 0 Å². The predicted molar refractivity (Wildman–Crippen MR) is 102 cm³/mol. The van der Waals surface area contributed by atoms with E-state index in [1.165, 1.54) is 12.1 Å². The van der Waals surface area contributed by atoms with Gasteiger partial charge in [-0.15, -0.1) is 0 Å². The lowest BCUT2D eigenvalue weighted by atomic mass is 9.97. The number of likely N-dealkylation sites (tertiary alicyclic amines) is 1. The van der Waals surface area contributed by atoms with Gasteiger partial charge in [-0.05, 0) is 55.8 Å². The summed E-state index contributed by atoms with van der Waals surface area (Å²) < 4.78 is 19.6. The third-order valence-electron chi connectivity index (χ3n) is 5.79. The van der Waals surface area contributed by atoms with Crippen molar-refractivity contribution >= 4 is 0 Å². The number of hydrogen-bond donors (Lipinski definition) is 1. The molecule has 2 fully saturated rings. The fraction of sp³-hybridized carbons (Fsp3) is 0.476. The number of nitrogens with two attached hydrogens (primary N) is 1. The van der Waals surface area contributed by atoms with Gasteiger partial charge in [0.2, 0.25) is 5.82 Å². The summed E-state index contributed by atoms with van der Waals surface area (Å²) in [6.07, 6.45) is 7.00. The first-order valence-corrected chi connectivity index (χ1v) is 9.76. The molecule has 0 spiro atoms. The summed E-state index contributed by atoms with van der Waals surface area (Å²) in [5.74, 6) is 0.771. The zero-order valence-electron chi connectivity index (χ0n) is 15.7. The van der Waals surface area contributed by atoms with Crippen LogP contribution in [0.3, 0.4) is 0 Å². The molecule has 1 aliphatic carbocycles. The average Bonchev–Trinajstić information content (AvgIpc) is 3.13. The van der Waals surface area contributed by atoms with E-state index in [1.54, 1.807) is 12.4 Å². The molecule has 3 unspecified atom stereocenters. The Morgan fingerprint density at radius 2 is 1.93 bits per heavy atom. The SMILES string of the molecule is N#Cc1ncc(OC2CC(c3ccc(F)cc3)CC2N2CCC[C@H](N)C2)cn1. The molecular weight excluding hydrogens is 357 g/mol. The second-order valence-electron chi connectivity index (χ2n) is 7.69. The first-order valence-electron chi connectivity index (χ1n) is 9.76. The van der Waals surface area contributed by atoms with Gasteiger partial charge in [-0.25, -0.2) is 14.4 Å². The number of halogens is 1. The molecule has 2 aromatic rings.